The Morgan fingerprint density at radius 3 is 0.750 bits per heavy atom. The summed E-state index contributed by atoms with van der Waals surface area (Å²) < 4.78 is 0. The molecule has 0 atom stereocenters. The molecule has 0 amide bonds. The van der Waals surface area contributed by atoms with Gasteiger partial charge in [0.25, 0.3) is 0 Å². The minimum atomic E-state index is 0. The van der Waals surface area contributed by atoms with Crippen molar-refractivity contribution in [3.63, 3.8) is 0 Å². The Bertz CT molecular complexity index is 6.00. The van der Waals surface area contributed by atoms with Crippen LogP contribution in [0.2, 0.25) is 0 Å². The van der Waals surface area contributed by atoms with E-state index >= 15 is 0 Å². The van der Waals surface area contributed by atoms with Gasteiger partial charge in [-0.2, -0.15) is 0 Å². The minimum absolute atomic E-state index is 0. The molecule has 0 N–H and O–H groups in total. The van der Waals surface area contributed by atoms with E-state index in [1.807, 2.05) is 0 Å². The summed E-state index contributed by atoms with van der Waals surface area (Å²) >= 11 is 0. The van der Waals surface area contributed by atoms with E-state index < -0.39 is 0 Å². The molecule has 0 spiro atoms. The summed E-state index contributed by atoms with van der Waals surface area (Å²) in [6.07, 6.45) is 0. The van der Waals surface area contributed by atoms with Crippen molar-refractivity contribution < 1.29 is 52.7 Å². The molecular formula is CeO2Sr+. The van der Waals surface area contributed by atoms with Gasteiger partial charge >= 0.3 is 87.2 Å². The van der Waals surface area contributed by atoms with Crippen LogP contribution in [0.5, 0.6) is 0 Å². The molecule has 0 aliphatic heterocycles. The predicted octanol–water partition coefficient (Wildman–Crippen LogP) is -0.618. The molecule has 0 aromatic rings. The molecule has 0 aromatic heterocycles. The van der Waals surface area contributed by atoms with Gasteiger partial charge in [0.05, 0.1) is 0 Å². The molecule has 0 aromatic carbocycles. The number of rotatable bonds is 0. The first kappa shape index (κ1) is 29.3. The third-order valence-electron chi connectivity index (χ3n) is 0. The van der Waals surface area contributed by atoms with Gasteiger partial charge in [0.15, 0.2) is 0 Å². The average molecular weight is 260 g/mol. The van der Waals surface area contributed by atoms with Crippen LogP contribution in [-0.2, 0) is 11.0 Å². The first-order chi connectivity index (χ1) is 0. The Morgan fingerprint density at radius 1 is 0.750 bits per heavy atom. The van der Waals surface area contributed by atoms with Crippen LogP contribution in [-0.4, -0.2) is 45.5 Å². The SMILES string of the molecule is [Ce+3].[O-2].[O-2].[Sr+2]. The van der Waals surface area contributed by atoms with E-state index in [4.69, 9.17) is 0 Å². The molecule has 0 bridgehead atoms. The summed E-state index contributed by atoms with van der Waals surface area (Å²) in [6.45, 7) is 0. The van der Waals surface area contributed by atoms with Crippen molar-refractivity contribution in [1.29, 1.82) is 0 Å². The second-order valence-electron chi connectivity index (χ2n) is 0. The monoisotopic (exact) mass is 260 g/mol. The van der Waals surface area contributed by atoms with Gasteiger partial charge in [-0.25, -0.2) is 0 Å². The van der Waals surface area contributed by atoms with E-state index in [9.17, 15) is 0 Å². The average Bonchev–Trinajstić information content (AvgIpc) is 0. The van der Waals surface area contributed by atoms with Crippen LogP contribution in [0.15, 0.2) is 0 Å². The molecule has 2 nitrogen and oxygen atoms in total. The van der Waals surface area contributed by atoms with Crippen LogP contribution in [0.1, 0.15) is 0 Å². The first-order valence-corrected chi connectivity index (χ1v) is 0. The summed E-state index contributed by atoms with van der Waals surface area (Å²) in [7, 11) is 0. The smallest absolute Gasteiger partial charge is 2.00 e. The zero-order valence-corrected chi connectivity index (χ0v) is 8.64. The molecule has 1 radical (unpaired) electrons. The normalized spacial score (nSPS) is 0. The Hall–Kier alpha value is 2.78. The molecule has 0 unspecified atom stereocenters. The molecule has 0 aliphatic carbocycles. The van der Waals surface area contributed by atoms with Gasteiger partial charge in [0.1, 0.15) is 0 Å². The first-order valence-electron chi connectivity index (χ1n) is 0. The van der Waals surface area contributed by atoms with E-state index in [0.717, 1.165) is 0 Å². The molecule has 0 rings (SSSR count). The van der Waals surface area contributed by atoms with E-state index in [1.54, 1.807) is 0 Å². The maximum atomic E-state index is 0. The van der Waals surface area contributed by atoms with Crippen molar-refractivity contribution in [3.8, 4) is 0 Å². The minimum Gasteiger partial charge on any atom is -2.00 e. The van der Waals surface area contributed by atoms with Gasteiger partial charge in [-0.1, -0.05) is 0 Å². The van der Waals surface area contributed by atoms with Crippen molar-refractivity contribution in [2.45, 2.75) is 0 Å². The van der Waals surface area contributed by atoms with Gasteiger partial charge < -0.3 is 11.0 Å². The summed E-state index contributed by atoms with van der Waals surface area (Å²) in [5, 5.41) is 0. The Labute approximate surface area is 95.6 Å². The van der Waals surface area contributed by atoms with E-state index in [0.29, 0.717) is 0 Å². The maximum absolute atomic E-state index is 0. The van der Waals surface area contributed by atoms with Gasteiger partial charge in [0.2, 0.25) is 0 Å². The fraction of sp³-hybridized carbons (Fsp3) is 0. The molecule has 4 heteroatoms. The van der Waals surface area contributed by atoms with Gasteiger partial charge in [-0.3, -0.25) is 0 Å². The summed E-state index contributed by atoms with van der Waals surface area (Å²) in [5.74, 6) is 0. The molecule has 0 heterocycles. The Kier molecular flexibility index (Phi) is 125. The molecule has 4 heavy (non-hydrogen) atoms. The molecule has 0 saturated carbocycles. The molecular weight excluding hydrogens is 260 g/mol. The Morgan fingerprint density at radius 2 is 0.750 bits per heavy atom. The second kappa shape index (κ2) is 17.1. The summed E-state index contributed by atoms with van der Waals surface area (Å²) in [5.41, 5.74) is 0. The van der Waals surface area contributed by atoms with Gasteiger partial charge in [-0.05, 0) is 0 Å². The number of hydrogen-bond acceptors (Lipinski definition) is 0. The summed E-state index contributed by atoms with van der Waals surface area (Å²) in [4.78, 5) is 0. The number of hydrogen-bond donors (Lipinski definition) is 0. The largest absolute Gasteiger partial charge is 3.00 e. The third kappa shape index (κ3) is 8.84. The molecule has 17 valence electrons. The fourth-order valence-electron chi connectivity index (χ4n) is 0. The van der Waals surface area contributed by atoms with Crippen LogP contribution in [0, 0.1) is 41.7 Å². The van der Waals surface area contributed by atoms with Crippen LogP contribution >= 0.6 is 0 Å². The van der Waals surface area contributed by atoms with Crippen LogP contribution in [0.25, 0.3) is 0 Å². The topological polar surface area (TPSA) is 57.0 Å². The predicted molar refractivity (Wildman–Crippen MR) is 7.13 cm³/mol. The quantitative estimate of drug-likeness (QED) is 0.521. The van der Waals surface area contributed by atoms with E-state index in [1.165, 1.54) is 0 Å². The van der Waals surface area contributed by atoms with Gasteiger partial charge in [-0.15, -0.1) is 0 Å². The van der Waals surface area contributed by atoms with Crippen molar-refractivity contribution in [2.24, 2.45) is 0 Å². The van der Waals surface area contributed by atoms with Crippen molar-refractivity contribution in [2.75, 3.05) is 0 Å². The van der Waals surface area contributed by atoms with Crippen LogP contribution in [0.3, 0.4) is 0 Å². The van der Waals surface area contributed by atoms with Crippen LogP contribution in [0.4, 0.5) is 0 Å². The third-order valence-corrected chi connectivity index (χ3v) is 0. The van der Waals surface area contributed by atoms with Crippen molar-refractivity contribution in [3.05, 3.63) is 0 Å². The molecule has 0 saturated heterocycles. The molecule has 0 aliphatic rings. The van der Waals surface area contributed by atoms with E-state index in [2.05, 4.69) is 0 Å². The van der Waals surface area contributed by atoms with Crippen LogP contribution < -0.4 is 0 Å². The zero-order chi connectivity index (χ0) is 0. The fourth-order valence-corrected chi connectivity index (χ4v) is 0. The standard InChI is InChI=1S/Ce.2O.Sr/q+3;2*-2;+2. The van der Waals surface area contributed by atoms with Gasteiger partial charge in [0, 0.05) is 0 Å². The molecule has 0 fully saturated rings. The Balaban J connectivity index is 0. The van der Waals surface area contributed by atoms with E-state index in [-0.39, 0.29) is 98.2 Å². The second-order valence-corrected chi connectivity index (χ2v) is 0. The van der Waals surface area contributed by atoms with Crippen molar-refractivity contribution >= 4 is 45.5 Å². The van der Waals surface area contributed by atoms with Crippen molar-refractivity contribution in [1.82, 2.24) is 0 Å². The summed E-state index contributed by atoms with van der Waals surface area (Å²) in [6, 6.07) is 0. The zero-order valence-electron chi connectivity index (χ0n) is 2.02. The maximum Gasteiger partial charge on any atom is 3.00 e.